The van der Waals surface area contributed by atoms with Crippen LogP contribution in [0.3, 0.4) is 0 Å². The first-order chi connectivity index (χ1) is 5.18. The predicted molar refractivity (Wildman–Crippen MR) is 48.5 cm³/mol. The van der Waals surface area contributed by atoms with Crippen LogP contribution >= 0.6 is 0 Å². The molecule has 1 heteroatoms. The highest BCUT2D eigenvalue weighted by atomic mass is 16.1. The number of carbonyl (C=O) groups excluding carboxylic acids is 1. The summed E-state index contributed by atoms with van der Waals surface area (Å²) in [5.74, 6) is 0.534. The van der Waals surface area contributed by atoms with Crippen molar-refractivity contribution in [2.24, 2.45) is 5.92 Å². The van der Waals surface area contributed by atoms with E-state index in [1.807, 2.05) is 6.92 Å². The molecule has 1 nitrogen and oxygen atoms in total. The highest BCUT2D eigenvalue weighted by Crippen LogP contribution is 2.06. The molecule has 0 aromatic carbocycles. The molecule has 0 aromatic heterocycles. The topological polar surface area (TPSA) is 17.1 Å². The molecule has 11 heavy (non-hydrogen) atoms. The second kappa shape index (κ2) is 6.14. The van der Waals surface area contributed by atoms with Crippen LogP contribution in [-0.4, -0.2) is 5.78 Å². The lowest BCUT2D eigenvalue weighted by Gasteiger charge is -2.03. The zero-order valence-electron chi connectivity index (χ0n) is 7.76. The monoisotopic (exact) mass is 154 g/mol. The van der Waals surface area contributed by atoms with E-state index in [2.05, 4.69) is 19.1 Å². The molecular weight excluding hydrogens is 136 g/mol. The van der Waals surface area contributed by atoms with Gasteiger partial charge >= 0.3 is 0 Å². The standard InChI is InChI=1S/C10H18O/c1-4-5-6-7-8-9(2)10(3)11/h5-6,9H,4,7-8H2,1-3H3/b6-5-. The maximum Gasteiger partial charge on any atom is 0.132 e. The SMILES string of the molecule is CC/C=C\CCC(C)C(C)=O. The van der Waals surface area contributed by atoms with Crippen LogP contribution in [0.25, 0.3) is 0 Å². The Morgan fingerprint density at radius 1 is 1.45 bits per heavy atom. The molecule has 0 saturated heterocycles. The van der Waals surface area contributed by atoms with E-state index in [1.54, 1.807) is 6.92 Å². The van der Waals surface area contributed by atoms with Crippen molar-refractivity contribution < 1.29 is 4.79 Å². The van der Waals surface area contributed by atoms with Crippen LogP contribution in [0.2, 0.25) is 0 Å². The van der Waals surface area contributed by atoms with Crippen LogP contribution in [0.5, 0.6) is 0 Å². The van der Waals surface area contributed by atoms with Crippen LogP contribution < -0.4 is 0 Å². The van der Waals surface area contributed by atoms with Gasteiger partial charge in [0.1, 0.15) is 5.78 Å². The lowest BCUT2D eigenvalue weighted by Crippen LogP contribution is -2.04. The molecular formula is C10H18O. The fourth-order valence-electron chi connectivity index (χ4n) is 0.834. The third kappa shape index (κ3) is 5.84. The Morgan fingerprint density at radius 2 is 2.09 bits per heavy atom. The molecule has 0 saturated carbocycles. The Balaban J connectivity index is 3.38. The third-order valence-corrected chi connectivity index (χ3v) is 1.86. The van der Waals surface area contributed by atoms with Crippen LogP contribution in [0.15, 0.2) is 12.2 Å². The Morgan fingerprint density at radius 3 is 2.55 bits per heavy atom. The van der Waals surface area contributed by atoms with Crippen molar-refractivity contribution in [1.29, 1.82) is 0 Å². The number of carbonyl (C=O) groups is 1. The molecule has 0 radical (unpaired) electrons. The third-order valence-electron chi connectivity index (χ3n) is 1.86. The maximum atomic E-state index is 10.8. The normalized spacial score (nSPS) is 13.7. The van der Waals surface area contributed by atoms with E-state index >= 15 is 0 Å². The van der Waals surface area contributed by atoms with Gasteiger partial charge in [-0.1, -0.05) is 26.0 Å². The van der Waals surface area contributed by atoms with Crippen LogP contribution in [0.4, 0.5) is 0 Å². The molecule has 0 aromatic rings. The fraction of sp³-hybridized carbons (Fsp3) is 0.700. The van der Waals surface area contributed by atoms with Gasteiger partial charge in [0.25, 0.3) is 0 Å². The highest BCUT2D eigenvalue weighted by molar-refractivity contribution is 5.77. The van der Waals surface area contributed by atoms with E-state index in [9.17, 15) is 4.79 Å². The molecule has 0 fully saturated rings. The molecule has 0 spiro atoms. The van der Waals surface area contributed by atoms with Crippen molar-refractivity contribution in [3.63, 3.8) is 0 Å². The summed E-state index contributed by atoms with van der Waals surface area (Å²) in [4.78, 5) is 10.8. The summed E-state index contributed by atoms with van der Waals surface area (Å²) in [6, 6.07) is 0. The van der Waals surface area contributed by atoms with Crippen molar-refractivity contribution in [2.75, 3.05) is 0 Å². The van der Waals surface area contributed by atoms with Crippen molar-refractivity contribution in [1.82, 2.24) is 0 Å². The van der Waals surface area contributed by atoms with E-state index < -0.39 is 0 Å². The Hall–Kier alpha value is -0.590. The van der Waals surface area contributed by atoms with Gasteiger partial charge < -0.3 is 0 Å². The van der Waals surface area contributed by atoms with Crippen molar-refractivity contribution in [3.8, 4) is 0 Å². The molecule has 0 heterocycles. The number of ketones is 1. The molecule has 0 amide bonds. The Kier molecular flexibility index (Phi) is 5.81. The van der Waals surface area contributed by atoms with Gasteiger partial charge in [0.05, 0.1) is 0 Å². The largest absolute Gasteiger partial charge is 0.300 e. The molecule has 1 unspecified atom stereocenters. The summed E-state index contributed by atoms with van der Waals surface area (Å²) in [7, 11) is 0. The van der Waals surface area contributed by atoms with Crippen molar-refractivity contribution in [3.05, 3.63) is 12.2 Å². The lowest BCUT2D eigenvalue weighted by atomic mass is 10.0. The van der Waals surface area contributed by atoms with E-state index in [0.717, 1.165) is 19.3 Å². The summed E-state index contributed by atoms with van der Waals surface area (Å²) in [6.45, 7) is 5.77. The predicted octanol–water partition coefficient (Wildman–Crippen LogP) is 2.96. The number of hydrogen-bond donors (Lipinski definition) is 0. The summed E-state index contributed by atoms with van der Waals surface area (Å²) < 4.78 is 0. The number of allylic oxidation sites excluding steroid dienone is 2. The van der Waals surface area contributed by atoms with Gasteiger partial charge in [-0.3, -0.25) is 4.79 Å². The van der Waals surface area contributed by atoms with E-state index in [0.29, 0.717) is 5.78 Å². The van der Waals surface area contributed by atoms with E-state index in [-0.39, 0.29) is 5.92 Å². The smallest absolute Gasteiger partial charge is 0.132 e. The molecule has 0 bridgehead atoms. The first kappa shape index (κ1) is 10.4. The summed E-state index contributed by atoms with van der Waals surface area (Å²) in [5, 5.41) is 0. The van der Waals surface area contributed by atoms with Crippen LogP contribution in [0, 0.1) is 5.92 Å². The zero-order valence-corrected chi connectivity index (χ0v) is 7.76. The first-order valence-corrected chi connectivity index (χ1v) is 4.34. The minimum atomic E-state index is 0.233. The molecule has 0 aliphatic carbocycles. The molecule has 64 valence electrons. The van der Waals surface area contributed by atoms with Gasteiger partial charge in [-0.15, -0.1) is 0 Å². The van der Waals surface area contributed by atoms with Crippen LogP contribution in [0.1, 0.15) is 40.0 Å². The lowest BCUT2D eigenvalue weighted by molar-refractivity contribution is -0.120. The van der Waals surface area contributed by atoms with Gasteiger partial charge in [-0.2, -0.15) is 0 Å². The maximum absolute atomic E-state index is 10.8. The highest BCUT2D eigenvalue weighted by Gasteiger charge is 2.04. The average molecular weight is 154 g/mol. The van der Waals surface area contributed by atoms with E-state index in [4.69, 9.17) is 0 Å². The quantitative estimate of drug-likeness (QED) is 0.556. The Labute approximate surface area is 69.5 Å². The molecule has 1 atom stereocenters. The average Bonchev–Trinajstić information content (AvgIpc) is 1.97. The van der Waals surface area contributed by atoms with Gasteiger partial charge in [-0.25, -0.2) is 0 Å². The summed E-state index contributed by atoms with van der Waals surface area (Å²) in [5.41, 5.74) is 0. The number of Topliss-reactive ketones (excluding diaryl/α,β-unsaturated/α-hetero) is 1. The van der Waals surface area contributed by atoms with Gasteiger partial charge in [0.2, 0.25) is 0 Å². The second-order valence-corrected chi connectivity index (χ2v) is 2.97. The molecule has 0 N–H and O–H groups in total. The molecule has 0 rings (SSSR count). The minimum Gasteiger partial charge on any atom is -0.300 e. The van der Waals surface area contributed by atoms with E-state index in [1.165, 1.54) is 0 Å². The Bertz CT molecular complexity index is 136. The van der Waals surface area contributed by atoms with Gasteiger partial charge in [0, 0.05) is 5.92 Å². The van der Waals surface area contributed by atoms with Gasteiger partial charge in [-0.05, 0) is 26.2 Å². The van der Waals surface area contributed by atoms with Crippen LogP contribution in [-0.2, 0) is 4.79 Å². The number of hydrogen-bond acceptors (Lipinski definition) is 1. The van der Waals surface area contributed by atoms with Crippen molar-refractivity contribution >= 4 is 5.78 Å². The number of rotatable bonds is 5. The van der Waals surface area contributed by atoms with Crippen molar-refractivity contribution in [2.45, 2.75) is 40.0 Å². The fourth-order valence-corrected chi connectivity index (χ4v) is 0.834. The molecule has 0 aliphatic heterocycles. The summed E-state index contributed by atoms with van der Waals surface area (Å²) in [6.07, 6.45) is 7.42. The second-order valence-electron chi connectivity index (χ2n) is 2.97. The summed E-state index contributed by atoms with van der Waals surface area (Å²) >= 11 is 0. The zero-order chi connectivity index (χ0) is 8.69. The van der Waals surface area contributed by atoms with Gasteiger partial charge in [0.15, 0.2) is 0 Å². The first-order valence-electron chi connectivity index (χ1n) is 4.34. The minimum absolute atomic E-state index is 0.233. The molecule has 0 aliphatic rings.